The fraction of sp³-hybridized carbons (Fsp3) is 0.0800. The normalized spacial score (nSPS) is 13.5. The summed E-state index contributed by atoms with van der Waals surface area (Å²) in [4.78, 5) is 39.4. The first-order valence-corrected chi connectivity index (χ1v) is 11.3. The molecule has 3 aromatic rings. The molecule has 4 rings (SSSR count). The molecule has 1 heterocycles. The number of aryl methyl sites for hydroxylation is 2. The van der Waals surface area contributed by atoms with Gasteiger partial charge in [0.25, 0.3) is 17.7 Å². The van der Waals surface area contributed by atoms with Crippen molar-refractivity contribution in [1.29, 1.82) is 0 Å². The van der Waals surface area contributed by atoms with Gasteiger partial charge in [-0.2, -0.15) is 0 Å². The molecule has 0 bridgehead atoms. The lowest BCUT2D eigenvalue weighted by Gasteiger charge is -2.16. The molecule has 172 valence electrons. The maximum Gasteiger partial charge on any atom is 0.283 e. The van der Waals surface area contributed by atoms with Crippen LogP contribution < -0.4 is 15.5 Å². The van der Waals surface area contributed by atoms with E-state index in [1.165, 1.54) is 6.07 Å². The summed E-state index contributed by atoms with van der Waals surface area (Å²) in [6.45, 7) is 3.65. The van der Waals surface area contributed by atoms with Crippen LogP contribution in [0.2, 0.25) is 10.0 Å². The van der Waals surface area contributed by atoms with Crippen molar-refractivity contribution in [2.75, 3.05) is 15.5 Å². The molecule has 3 aromatic carbocycles. The van der Waals surface area contributed by atoms with Gasteiger partial charge in [-0.1, -0.05) is 46.9 Å². The summed E-state index contributed by atoms with van der Waals surface area (Å²) < 4.78 is 0. The summed E-state index contributed by atoms with van der Waals surface area (Å²) in [5.41, 5.74) is 3.24. The highest BCUT2D eigenvalue weighted by Gasteiger charge is 2.39. The van der Waals surface area contributed by atoms with Crippen LogP contribution in [-0.2, 0) is 9.59 Å². The first-order valence-electron chi connectivity index (χ1n) is 10.1. The summed E-state index contributed by atoms with van der Waals surface area (Å²) >= 11 is 18.3. The lowest BCUT2D eigenvalue weighted by molar-refractivity contribution is -0.120. The second-order valence-electron chi connectivity index (χ2n) is 7.69. The van der Waals surface area contributed by atoms with Gasteiger partial charge in [0.15, 0.2) is 0 Å². The predicted octanol–water partition coefficient (Wildman–Crippen LogP) is 6.30. The second kappa shape index (κ2) is 9.50. The minimum Gasteiger partial charge on any atom is -0.350 e. The van der Waals surface area contributed by atoms with Crippen molar-refractivity contribution in [3.05, 3.63) is 98.1 Å². The summed E-state index contributed by atoms with van der Waals surface area (Å²) in [7, 11) is 0. The number of hydrogen-bond donors (Lipinski definition) is 2. The number of benzene rings is 3. The molecule has 0 aromatic heterocycles. The van der Waals surface area contributed by atoms with Crippen molar-refractivity contribution in [2.45, 2.75) is 13.8 Å². The SMILES string of the molecule is Cc1ccc(N2C(=O)C(Cl)=C(Nc3cccc(C(=O)Nc4ccc(Cl)cc4C)c3)C2=O)cc1Cl. The Balaban J connectivity index is 1.55. The molecule has 1 aliphatic rings. The van der Waals surface area contributed by atoms with Crippen LogP contribution in [0, 0.1) is 13.8 Å². The third-order valence-corrected chi connectivity index (χ3v) is 6.26. The largest absolute Gasteiger partial charge is 0.350 e. The number of amides is 3. The number of rotatable bonds is 5. The van der Waals surface area contributed by atoms with Gasteiger partial charge < -0.3 is 10.6 Å². The molecule has 9 heteroatoms. The molecule has 0 radical (unpaired) electrons. The Labute approximate surface area is 211 Å². The van der Waals surface area contributed by atoms with E-state index in [1.807, 2.05) is 13.8 Å². The zero-order chi connectivity index (χ0) is 24.6. The number of halogens is 3. The van der Waals surface area contributed by atoms with Crippen LogP contribution in [0.15, 0.2) is 71.4 Å². The molecule has 0 spiro atoms. The van der Waals surface area contributed by atoms with Gasteiger partial charge >= 0.3 is 0 Å². The average molecular weight is 515 g/mol. The Hall–Kier alpha value is -3.32. The molecule has 2 N–H and O–H groups in total. The van der Waals surface area contributed by atoms with Crippen LogP contribution in [0.1, 0.15) is 21.5 Å². The number of nitrogens with zero attached hydrogens (tertiary/aromatic N) is 1. The van der Waals surface area contributed by atoms with Crippen LogP contribution >= 0.6 is 34.8 Å². The van der Waals surface area contributed by atoms with E-state index in [9.17, 15) is 14.4 Å². The van der Waals surface area contributed by atoms with Gasteiger partial charge in [-0.3, -0.25) is 14.4 Å². The third-order valence-electron chi connectivity index (χ3n) is 5.27. The van der Waals surface area contributed by atoms with Gasteiger partial charge in [0.1, 0.15) is 10.7 Å². The quantitative estimate of drug-likeness (QED) is 0.392. The number of imide groups is 1. The van der Waals surface area contributed by atoms with Crippen LogP contribution in [0.5, 0.6) is 0 Å². The van der Waals surface area contributed by atoms with E-state index in [1.54, 1.807) is 54.6 Å². The van der Waals surface area contributed by atoms with Gasteiger partial charge in [-0.25, -0.2) is 4.90 Å². The second-order valence-corrected chi connectivity index (χ2v) is 8.91. The minimum absolute atomic E-state index is 0.0885. The average Bonchev–Trinajstić information content (AvgIpc) is 3.01. The van der Waals surface area contributed by atoms with E-state index < -0.39 is 11.8 Å². The Morgan fingerprint density at radius 3 is 2.32 bits per heavy atom. The van der Waals surface area contributed by atoms with Crippen molar-refractivity contribution in [1.82, 2.24) is 0 Å². The van der Waals surface area contributed by atoms with Crippen LogP contribution in [0.25, 0.3) is 0 Å². The molecule has 0 saturated heterocycles. The van der Waals surface area contributed by atoms with Gasteiger partial charge in [0, 0.05) is 27.0 Å². The van der Waals surface area contributed by atoms with E-state index in [0.717, 1.165) is 16.0 Å². The Kier molecular flexibility index (Phi) is 6.66. The summed E-state index contributed by atoms with van der Waals surface area (Å²) in [5.74, 6) is -1.64. The van der Waals surface area contributed by atoms with Crippen molar-refractivity contribution in [3.63, 3.8) is 0 Å². The van der Waals surface area contributed by atoms with Gasteiger partial charge in [0.05, 0.1) is 5.69 Å². The van der Waals surface area contributed by atoms with E-state index in [-0.39, 0.29) is 16.6 Å². The topological polar surface area (TPSA) is 78.5 Å². The maximum atomic E-state index is 13.0. The minimum atomic E-state index is -0.666. The third kappa shape index (κ3) is 4.66. The summed E-state index contributed by atoms with van der Waals surface area (Å²) in [5, 5.41) is 6.45. The van der Waals surface area contributed by atoms with E-state index in [0.29, 0.717) is 32.7 Å². The van der Waals surface area contributed by atoms with Crippen molar-refractivity contribution in [2.24, 2.45) is 0 Å². The zero-order valence-corrected chi connectivity index (χ0v) is 20.3. The first-order chi connectivity index (χ1) is 16.2. The molecule has 0 atom stereocenters. The number of anilines is 3. The number of hydrogen-bond acceptors (Lipinski definition) is 4. The van der Waals surface area contributed by atoms with Gasteiger partial charge in [-0.05, 0) is 73.5 Å². The standard InChI is InChI=1S/C25H18Cl3N3O3/c1-13-6-8-18(12-19(13)27)31-24(33)21(28)22(25(31)34)29-17-5-3-4-15(11-17)23(32)30-20-9-7-16(26)10-14(20)2/h3-12,29H,1-2H3,(H,30,32). The molecule has 0 aliphatic carbocycles. The van der Waals surface area contributed by atoms with Crippen molar-refractivity contribution >= 4 is 69.6 Å². The summed E-state index contributed by atoms with van der Waals surface area (Å²) in [6, 6.07) is 16.5. The Morgan fingerprint density at radius 2 is 1.62 bits per heavy atom. The maximum absolute atomic E-state index is 13.0. The highest BCUT2D eigenvalue weighted by molar-refractivity contribution is 6.53. The Morgan fingerprint density at radius 1 is 0.853 bits per heavy atom. The number of carbonyl (C=O) groups excluding carboxylic acids is 3. The first kappa shape index (κ1) is 23.8. The fourth-order valence-corrected chi connectivity index (χ4v) is 4.03. The molecule has 6 nitrogen and oxygen atoms in total. The molecular weight excluding hydrogens is 497 g/mol. The molecule has 3 amide bonds. The Bertz CT molecular complexity index is 1380. The molecule has 0 saturated carbocycles. The van der Waals surface area contributed by atoms with Crippen molar-refractivity contribution < 1.29 is 14.4 Å². The predicted molar refractivity (Wildman–Crippen MR) is 136 cm³/mol. The van der Waals surface area contributed by atoms with Crippen LogP contribution in [0.3, 0.4) is 0 Å². The van der Waals surface area contributed by atoms with E-state index >= 15 is 0 Å². The van der Waals surface area contributed by atoms with E-state index in [2.05, 4.69) is 10.6 Å². The highest BCUT2D eigenvalue weighted by atomic mass is 35.5. The lowest BCUT2D eigenvalue weighted by atomic mass is 10.1. The van der Waals surface area contributed by atoms with Gasteiger partial charge in [-0.15, -0.1) is 0 Å². The van der Waals surface area contributed by atoms with E-state index in [4.69, 9.17) is 34.8 Å². The zero-order valence-electron chi connectivity index (χ0n) is 18.1. The molecular formula is C25H18Cl3N3O3. The molecule has 1 aliphatic heterocycles. The molecule has 34 heavy (non-hydrogen) atoms. The highest BCUT2D eigenvalue weighted by Crippen LogP contribution is 2.32. The lowest BCUT2D eigenvalue weighted by Crippen LogP contribution is -2.32. The monoisotopic (exact) mass is 513 g/mol. The number of nitrogens with one attached hydrogen (secondary N) is 2. The molecule has 0 unspecified atom stereocenters. The van der Waals surface area contributed by atoms with Crippen molar-refractivity contribution in [3.8, 4) is 0 Å². The van der Waals surface area contributed by atoms with Gasteiger partial charge in [0.2, 0.25) is 0 Å². The number of carbonyl (C=O) groups is 3. The fourth-order valence-electron chi connectivity index (χ4n) is 3.41. The smallest absolute Gasteiger partial charge is 0.283 e. The van der Waals surface area contributed by atoms with Crippen LogP contribution in [0.4, 0.5) is 17.1 Å². The molecule has 0 fully saturated rings. The summed E-state index contributed by atoms with van der Waals surface area (Å²) in [6.07, 6.45) is 0. The van der Waals surface area contributed by atoms with Crippen LogP contribution in [-0.4, -0.2) is 17.7 Å².